The molecule has 1 amide bonds. The summed E-state index contributed by atoms with van der Waals surface area (Å²) >= 11 is 1.68. The van der Waals surface area contributed by atoms with Crippen LogP contribution < -0.4 is 0 Å². The summed E-state index contributed by atoms with van der Waals surface area (Å²) in [5, 5.41) is 7.07. The Hall–Kier alpha value is -2.51. The molecular formula is C20H22N4O2S. The van der Waals surface area contributed by atoms with E-state index in [1.165, 1.54) is 0 Å². The van der Waals surface area contributed by atoms with E-state index in [-0.39, 0.29) is 5.91 Å². The molecule has 2 aromatic heterocycles. The molecule has 0 unspecified atom stereocenters. The molecule has 1 saturated heterocycles. The molecule has 7 heteroatoms. The van der Waals surface area contributed by atoms with Gasteiger partial charge < -0.3 is 9.42 Å². The lowest BCUT2D eigenvalue weighted by atomic mass is 10.1. The molecule has 3 heterocycles. The van der Waals surface area contributed by atoms with Crippen molar-refractivity contribution in [3.8, 4) is 10.6 Å². The van der Waals surface area contributed by atoms with E-state index < -0.39 is 0 Å². The van der Waals surface area contributed by atoms with Crippen molar-refractivity contribution >= 4 is 17.2 Å². The molecule has 4 rings (SSSR count). The van der Waals surface area contributed by atoms with Crippen molar-refractivity contribution in [1.29, 1.82) is 0 Å². The molecule has 0 radical (unpaired) electrons. The first kappa shape index (κ1) is 17.9. The first-order chi connectivity index (χ1) is 13.1. The molecule has 0 atom stereocenters. The molecule has 1 aliphatic rings. The largest absolute Gasteiger partial charge is 0.361 e. The van der Waals surface area contributed by atoms with E-state index in [9.17, 15) is 4.79 Å². The predicted molar refractivity (Wildman–Crippen MR) is 105 cm³/mol. The van der Waals surface area contributed by atoms with Crippen molar-refractivity contribution in [2.75, 3.05) is 26.2 Å². The highest BCUT2D eigenvalue weighted by molar-refractivity contribution is 7.13. The second kappa shape index (κ2) is 7.62. The lowest BCUT2D eigenvalue weighted by molar-refractivity contribution is 0.0625. The van der Waals surface area contributed by atoms with E-state index >= 15 is 0 Å². The normalized spacial score (nSPS) is 15.3. The van der Waals surface area contributed by atoms with E-state index in [4.69, 9.17) is 9.51 Å². The third-order valence-electron chi connectivity index (χ3n) is 4.86. The summed E-state index contributed by atoms with van der Waals surface area (Å²) in [5.74, 6) is 0.613. The Bertz CT molecular complexity index is 907. The maximum Gasteiger partial charge on any atom is 0.259 e. The lowest BCUT2D eigenvalue weighted by Crippen LogP contribution is -2.48. The minimum Gasteiger partial charge on any atom is -0.361 e. The Labute approximate surface area is 162 Å². The van der Waals surface area contributed by atoms with Crippen molar-refractivity contribution in [1.82, 2.24) is 19.9 Å². The zero-order chi connectivity index (χ0) is 18.8. The van der Waals surface area contributed by atoms with Crippen LogP contribution >= 0.6 is 11.3 Å². The second-order valence-corrected chi connectivity index (χ2v) is 7.64. The topological polar surface area (TPSA) is 62.5 Å². The summed E-state index contributed by atoms with van der Waals surface area (Å²) in [6.07, 6.45) is 0. The lowest BCUT2D eigenvalue weighted by Gasteiger charge is -2.34. The van der Waals surface area contributed by atoms with Crippen LogP contribution in [0.1, 0.15) is 27.5 Å². The molecule has 1 fully saturated rings. The summed E-state index contributed by atoms with van der Waals surface area (Å²) in [4.78, 5) is 21.7. The highest BCUT2D eigenvalue weighted by Gasteiger charge is 2.26. The number of piperazine rings is 1. The standard InChI is InChI=1S/C20H22N4O2S/c1-14-18(15(2)26-22-14)20(25)24-10-8-23(9-11-24)12-17-13-27-19(21-17)16-6-4-3-5-7-16/h3-7,13H,8-12H2,1-2H3. The number of carbonyl (C=O) groups excluding carboxylic acids is 1. The summed E-state index contributed by atoms with van der Waals surface area (Å²) in [7, 11) is 0. The van der Waals surface area contributed by atoms with Crippen LogP contribution in [0, 0.1) is 13.8 Å². The van der Waals surface area contributed by atoms with Crippen molar-refractivity contribution in [2.24, 2.45) is 0 Å². The van der Waals surface area contributed by atoms with Crippen LogP contribution in [0.4, 0.5) is 0 Å². The van der Waals surface area contributed by atoms with Gasteiger partial charge in [-0.1, -0.05) is 35.5 Å². The number of hydrogen-bond donors (Lipinski definition) is 0. The van der Waals surface area contributed by atoms with Crippen LogP contribution in [0.2, 0.25) is 0 Å². The fraction of sp³-hybridized carbons (Fsp3) is 0.350. The smallest absolute Gasteiger partial charge is 0.259 e. The molecule has 0 aliphatic carbocycles. The van der Waals surface area contributed by atoms with E-state index in [0.29, 0.717) is 30.1 Å². The number of amides is 1. The number of thiazole rings is 1. The Morgan fingerprint density at radius 2 is 1.89 bits per heavy atom. The van der Waals surface area contributed by atoms with Crippen LogP contribution in [0.15, 0.2) is 40.2 Å². The van der Waals surface area contributed by atoms with Crippen molar-refractivity contribution in [2.45, 2.75) is 20.4 Å². The first-order valence-electron chi connectivity index (χ1n) is 9.06. The third-order valence-corrected chi connectivity index (χ3v) is 5.81. The Balaban J connectivity index is 1.35. The zero-order valence-electron chi connectivity index (χ0n) is 15.5. The number of nitrogens with zero attached hydrogens (tertiary/aromatic N) is 4. The van der Waals surface area contributed by atoms with Gasteiger partial charge in [-0.2, -0.15) is 0 Å². The Kier molecular flexibility index (Phi) is 5.05. The maximum atomic E-state index is 12.7. The molecule has 0 saturated carbocycles. The Morgan fingerprint density at radius 1 is 1.15 bits per heavy atom. The molecule has 0 N–H and O–H groups in total. The summed E-state index contributed by atoms with van der Waals surface area (Å²) in [6.45, 7) is 7.51. The van der Waals surface area contributed by atoms with Gasteiger partial charge in [-0.15, -0.1) is 11.3 Å². The van der Waals surface area contributed by atoms with Crippen LogP contribution in [0.5, 0.6) is 0 Å². The number of aromatic nitrogens is 2. The summed E-state index contributed by atoms with van der Waals surface area (Å²) < 4.78 is 5.13. The minimum absolute atomic E-state index is 0.0194. The van der Waals surface area contributed by atoms with Gasteiger partial charge in [0.2, 0.25) is 0 Å². The quantitative estimate of drug-likeness (QED) is 0.692. The van der Waals surface area contributed by atoms with Gasteiger partial charge in [0.15, 0.2) is 0 Å². The van der Waals surface area contributed by atoms with Gasteiger partial charge in [0.05, 0.1) is 11.4 Å². The number of rotatable bonds is 4. The van der Waals surface area contributed by atoms with Crippen LogP contribution in [-0.2, 0) is 6.54 Å². The summed E-state index contributed by atoms with van der Waals surface area (Å²) in [5.41, 5.74) is 3.51. The Morgan fingerprint density at radius 3 is 2.56 bits per heavy atom. The molecule has 1 aromatic carbocycles. The van der Waals surface area contributed by atoms with E-state index in [0.717, 1.165) is 35.9 Å². The van der Waals surface area contributed by atoms with E-state index in [2.05, 4.69) is 27.6 Å². The van der Waals surface area contributed by atoms with Crippen LogP contribution in [0.3, 0.4) is 0 Å². The fourth-order valence-electron chi connectivity index (χ4n) is 3.38. The molecule has 0 spiro atoms. The number of hydrogen-bond acceptors (Lipinski definition) is 6. The highest BCUT2D eigenvalue weighted by Crippen LogP contribution is 2.24. The number of benzene rings is 1. The van der Waals surface area contributed by atoms with Crippen LogP contribution in [-0.4, -0.2) is 52.0 Å². The van der Waals surface area contributed by atoms with Crippen LogP contribution in [0.25, 0.3) is 10.6 Å². The third kappa shape index (κ3) is 3.79. The van der Waals surface area contributed by atoms with Gasteiger partial charge in [0, 0.05) is 43.7 Å². The molecule has 3 aromatic rings. The molecule has 1 aliphatic heterocycles. The molecule has 140 valence electrons. The number of carbonyl (C=O) groups is 1. The number of aryl methyl sites for hydroxylation is 2. The first-order valence-corrected chi connectivity index (χ1v) is 9.94. The predicted octanol–water partition coefficient (Wildman–Crippen LogP) is 3.37. The average molecular weight is 382 g/mol. The minimum atomic E-state index is 0.0194. The SMILES string of the molecule is Cc1noc(C)c1C(=O)N1CCN(Cc2csc(-c3ccccc3)n2)CC1. The van der Waals surface area contributed by atoms with Crippen molar-refractivity contribution < 1.29 is 9.32 Å². The highest BCUT2D eigenvalue weighted by atomic mass is 32.1. The second-order valence-electron chi connectivity index (χ2n) is 6.78. The zero-order valence-corrected chi connectivity index (χ0v) is 16.3. The average Bonchev–Trinajstić information content (AvgIpc) is 3.29. The molecule has 0 bridgehead atoms. The van der Waals surface area contributed by atoms with Gasteiger partial charge in [-0.05, 0) is 13.8 Å². The van der Waals surface area contributed by atoms with Gasteiger partial charge in [-0.3, -0.25) is 9.69 Å². The summed E-state index contributed by atoms with van der Waals surface area (Å²) in [6, 6.07) is 10.3. The fourth-order valence-corrected chi connectivity index (χ4v) is 4.19. The maximum absolute atomic E-state index is 12.7. The van der Waals surface area contributed by atoms with Gasteiger partial charge >= 0.3 is 0 Å². The van der Waals surface area contributed by atoms with Crippen molar-refractivity contribution in [3.05, 3.63) is 58.4 Å². The molecular weight excluding hydrogens is 360 g/mol. The monoisotopic (exact) mass is 382 g/mol. The van der Waals surface area contributed by atoms with Gasteiger partial charge in [0.1, 0.15) is 16.3 Å². The van der Waals surface area contributed by atoms with Gasteiger partial charge in [-0.25, -0.2) is 4.98 Å². The van der Waals surface area contributed by atoms with E-state index in [1.807, 2.05) is 30.0 Å². The van der Waals surface area contributed by atoms with E-state index in [1.54, 1.807) is 18.3 Å². The van der Waals surface area contributed by atoms with Gasteiger partial charge in [0.25, 0.3) is 5.91 Å². The molecule has 27 heavy (non-hydrogen) atoms. The molecule has 6 nitrogen and oxygen atoms in total. The van der Waals surface area contributed by atoms with Crippen molar-refractivity contribution in [3.63, 3.8) is 0 Å².